The van der Waals surface area contributed by atoms with Crippen LogP contribution < -0.4 is 11.1 Å². The van der Waals surface area contributed by atoms with E-state index < -0.39 is 22.7 Å². The van der Waals surface area contributed by atoms with Crippen LogP contribution in [-0.2, 0) is 4.74 Å². The molecule has 0 saturated heterocycles. The first kappa shape index (κ1) is 21.3. The lowest BCUT2D eigenvalue weighted by atomic mass is 10.1. The Morgan fingerprint density at radius 1 is 1.32 bits per heavy atom. The van der Waals surface area contributed by atoms with Gasteiger partial charge in [0.2, 0.25) is 0 Å². The third-order valence-electron chi connectivity index (χ3n) is 3.55. The van der Waals surface area contributed by atoms with Crippen LogP contribution in [0, 0.1) is 17.0 Å². The molecule has 2 amide bonds. The van der Waals surface area contributed by atoms with Gasteiger partial charge in [-0.15, -0.1) is 11.3 Å². The Kier molecular flexibility index (Phi) is 6.37. The van der Waals surface area contributed by atoms with Crippen molar-refractivity contribution in [3.63, 3.8) is 0 Å². The molecule has 2 aromatic rings. The average molecular weight is 426 g/mol. The lowest BCUT2D eigenvalue weighted by molar-refractivity contribution is -0.384. The Balaban J connectivity index is 2.44. The van der Waals surface area contributed by atoms with Crippen molar-refractivity contribution in [1.29, 1.82) is 0 Å². The molecule has 2 rings (SSSR count). The molecule has 9 nitrogen and oxygen atoms in total. The van der Waals surface area contributed by atoms with E-state index in [2.05, 4.69) is 5.32 Å². The molecule has 0 atom stereocenters. The molecule has 1 heterocycles. The highest BCUT2D eigenvalue weighted by Crippen LogP contribution is 2.34. The number of hydrogen-bond acceptors (Lipinski definition) is 7. The Bertz CT molecular complexity index is 986. The number of non-ortho nitro benzene ring substituents is 1. The number of hydrogen-bond donors (Lipinski definition) is 2. The third-order valence-corrected chi connectivity index (χ3v) is 5.07. The number of nitrogens with one attached hydrogen (secondary N) is 1. The van der Waals surface area contributed by atoms with Gasteiger partial charge in [-0.3, -0.25) is 19.7 Å². The minimum Gasteiger partial charge on any atom is -0.459 e. The van der Waals surface area contributed by atoms with Gasteiger partial charge in [-0.05, 0) is 32.4 Å². The zero-order valence-corrected chi connectivity index (χ0v) is 16.6. The number of benzene rings is 1. The summed E-state index contributed by atoms with van der Waals surface area (Å²) in [4.78, 5) is 47.0. The first-order valence-electron chi connectivity index (χ1n) is 7.92. The topological polar surface area (TPSA) is 142 Å². The second kappa shape index (κ2) is 8.36. The number of nitro benzene ring substituents is 1. The number of thiophene rings is 1. The van der Waals surface area contributed by atoms with E-state index in [1.54, 1.807) is 13.8 Å². The van der Waals surface area contributed by atoms with Gasteiger partial charge in [0.1, 0.15) is 9.88 Å². The van der Waals surface area contributed by atoms with Crippen LogP contribution in [0.3, 0.4) is 0 Å². The third kappa shape index (κ3) is 4.46. The minimum absolute atomic E-state index is 0.0172. The molecule has 3 N–H and O–H groups in total. The summed E-state index contributed by atoms with van der Waals surface area (Å²) in [6.45, 7) is 4.84. The highest BCUT2D eigenvalue weighted by Gasteiger charge is 2.26. The van der Waals surface area contributed by atoms with Crippen LogP contribution in [0.2, 0.25) is 5.02 Å². The van der Waals surface area contributed by atoms with Crippen molar-refractivity contribution in [2.24, 2.45) is 5.73 Å². The molecule has 0 radical (unpaired) electrons. The molecule has 28 heavy (non-hydrogen) atoms. The monoisotopic (exact) mass is 425 g/mol. The summed E-state index contributed by atoms with van der Waals surface area (Å²) >= 11 is 6.78. The molecule has 1 aromatic heterocycles. The van der Waals surface area contributed by atoms with Gasteiger partial charge >= 0.3 is 5.97 Å². The van der Waals surface area contributed by atoms with Crippen molar-refractivity contribution in [3.8, 4) is 0 Å². The number of carbonyl (C=O) groups excluding carboxylic acids is 3. The SMILES string of the molecule is Cc1c(C(=O)OC(C)C)sc(NC(=O)c2cc([N+](=O)[O-])ccc2Cl)c1C(N)=O. The number of amides is 2. The zero-order chi connectivity index (χ0) is 21.2. The fourth-order valence-corrected chi connectivity index (χ4v) is 3.63. The highest BCUT2D eigenvalue weighted by atomic mass is 35.5. The van der Waals surface area contributed by atoms with Crippen LogP contribution >= 0.6 is 22.9 Å². The molecular weight excluding hydrogens is 410 g/mol. The van der Waals surface area contributed by atoms with Crippen LogP contribution in [0.5, 0.6) is 0 Å². The standard InChI is InChI=1S/C17H16ClN3O6S/c1-7(2)27-17(24)13-8(3)12(14(19)22)16(28-13)20-15(23)10-6-9(21(25)26)4-5-11(10)18/h4-7H,1-3H3,(H2,19,22)(H,20,23). The number of nitrogens with zero attached hydrogens (tertiary/aromatic N) is 1. The van der Waals surface area contributed by atoms with Crippen molar-refractivity contribution in [1.82, 2.24) is 0 Å². The summed E-state index contributed by atoms with van der Waals surface area (Å²) in [5.41, 5.74) is 5.12. The van der Waals surface area contributed by atoms with Gasteiger partial charge in [-0.2, -0.15) is 0 Å². The molecule has 11 heteroatoms. The number of nitrogens with two attached hydrogens (primary N) is 1. The molecule has 0 aliphatic heterocycles. The van der Waals surface area contributed by atoms with Gasteiger partial charge in [-0.25, -0.2) is 4.79 Å². The van der Waals surface area contributed by atoms with Gasteiger partial charge in [-0.1, -0.05) is 11.6 Å². The normalized spacial score (nSPS) is 10.6. The minimum atomic E-state index is -0.849. The van der Waals surface area contributed by atoms with E-state index >= 15 is 0 Å². The summed E-state index contributed by atoms with van der Waals surface area (Å²) in [7, 11) is 0. The fourth-order valence-electron chi connectivity index (χ4n) is 2.33. The van der Waals surface area contributed by atoms with Crippen LogP contribution in [0.1, 0.15) is 49.8 Å². The molecule has 0 spiro atoms. The molecule has 1 aromatic carbocycles. The largest absolute Gasteiger partial charge is 0.459 e. The Morgan fingerprint density at radius 3 is 2.50 bits per heavy atom. The summed E-state index contributed by atoms with van der Waals surface area (Å²) in [5.74, 6) is -2.30. The molecule has 0 fully saturated rings. The van der Waals surface area contributed by atoms with Crippen LogP contribution in [0.4, 0.5) is 10.7 Å². The quantitative estimate of drug-likeness (QED) is 0.411. The number of halogens is 1. The fraction of sp³-hybridized carbons (Fsp3) is 0.235. The zero-order valence-electron chi connectivity index (χ0n) is 15.1. The summed E-state index contributed by atoms with van der Waals surface area (Å²) < 4.78 is 5.13. The van der Waals surface area contributed by atoms with E-state index in [-0.39, 0.29) is 43.4 Å². The number of anilines is 1. The number of primary amides is 1. The van der Waals surface area contributed by atoms with Gasteiger partial charge in [0.25, 0.3) is 17.5 Å². The summed E-state index contributed by atoms with van der Waals surface area (Å²) in [5, 5.41) is 13.4. The van der Waals surface area contributed by atoms with E-state index in [9.17, 15) is 24.5 Å². The van der Waals surface area contributed by atoms with E-state index in [1.165, 1.54) is 13.0 Å². The molecule has 0 saturated carbocycles. The first-order valence-corrected chi connectivity index (χ1v) is 9.11. The van der Waals surface area contributed by atoms with Gasteiger partial charge in [0, 0.05) is 12.1 Å². The molecule has 0 unspecified atom stereocenters. The lowest BCUT2D eigenvalue weighted by Crippen LogP contribution is -2.18. The predicted octanol–water partition coefficient (Wildman–Crippen LogP) is 3.53. The van der Waals surface area contributed by atoms with E-state index in [1.807, 2.05) is 0 Å². The average Bonchev–Trinajstić information content (AvgIpc) is 2.90. The number of esters is 1. The number of rotatable bonds is 6. The molecule has 0 aliphatic rings. The highest BCUT2D eigenvalue weighted by molar-refractivity contribution is 7.18. The molecule has 0 bridgehead atoms. The van der Waals surface area contributed by atoms with Gasteiger partial charge in [0.15, 0.2) is 0 Å². The molecule has 0 aliphatic carbocycles. The maximum atomic E-state index is 12.6. The Labute approximate surface area is 168 Å². The second-order valence-corrected chi connectivity index (χ2v) is 7.38. The number of nitro groups is 1. The van der Waals surface area contributed by atoms with Crippen molar-refractivity contribution < 1.29 is 24.0 Å². The summed E-state index contributed by atoms with van der Waals surface area (Å²) in [6.07, 6.45) is -0.382. The molecular formula is C17H16ClN3O6S. The second-order valence-electron chi connectivity index (χ2n) is 5.95. The number of carbonyl (C=O) groups is 3. The van der Waals surface area contributed by atoms with Gasteiger partial charge < -0.3 is 15.8 Å². The van der Waals surface area contributed by atoms with Crippen molar-refractivity contribution >= 4 is 51.4 Å². The molecule has 148 valence electrons. The lowest BCUT2D eigenvalue weighted by Gasteiger charge is -2.06. The van der Waals surface area contributed by atoms with Crippen molar-refractivity contribution in [2.75, 3.05) is 5.32 Å². The van der Waals surface area contributed by atoms with Crippen molar-refractivity contribution in [3.05, 3.63) is 54.9 Å². The van der Waals surface area contributed by atoms with Crippen LogP contribution in [-0.4, -0.2) is 28.8 Å². The Morgan fingerprint density at radius 2 is 1.96 bits per heavy atom. The summed E-state index contributed by atoms with van der Waals surface area (Å²) in [6, 6.07) is 3.38. The van der Waals surface area contributed by atoms with E-state index in [4.69, 9.17) is 22.1 Å². The van der Waals surface area contributed by atoms with E-state index in [0.717, 1.165) is 23.5 Å². The van der Waals surface area contributed by atoms with Crippen LogP contribution in [0.25, 0.3) is 0 Å². The Hall–Kier alpha value is -2.98. The van der Waals surface area contributed by atoms with Gasteiger partial charge in [0.05, 0.1) is 27.2 Å². The van der Waals surface area contributed by atoms with Crippen molar-refractivity contribution in [2.45, 2.75) is 26.9 Å². The maximum absolute atomic E-state index is 12.6. The first-order chi connectivity index (χ1) is 13.0. The number of ether oxygens (including phenoxy) is 1. The maximum Gasteiger partial charge on any atom is 0.348 e. The van der Waals surface area contributed by atoms with E-state index in [0.29, 0.717) is 0 Å². The smallest absolute Gasteiger partial charge is 0.348 e. The predicted molar refractivity (Wildman–Crippen MR) is 104 cm³/mol. The van der Waals surface area contributed by atoms with Crippen LogP contribution in [0.15, 0.2) is 18.2 Å².